The highest BCUT2D eigenvalue weighted by molar-refractivity contribution is 4.53. The van der Waals surface area contributed by atoms with E-state index in [9.17, 15) is 0 Å². The Kier molecular flexibility index (Phi) is 5.93. The zero-order chi connectivity index (χ0) is 7.11. The summed E-state index contributed by atoms with van der Waals surface area (Å²) in [5.41, 5.74) is 5.15. The monoisotopic (exact) mass is 133 g/mol. The van der Waals surface area contributed by atoms with Crippen LogP contribution in [-0.4, -0.2) is 31.0 Å². The van der Waals surface area contributed by atoms with Crippen LogP contribution in [0.3, 0.4) is 0 Å². The third kappa shape index (κ3) is 5.76. The van der Waals surface area contributed by atoms with Crippen LogP contribution in [-0.2, 0) is 4.74 Å². The van der Waals surface area contributed by atoms with Gasteiger partial charge in [-0.25, -0.2) is 0 Å². The summed E-state index contributed by atoms with van der Waals surface area (Å²) in [6, 6.07) is 0. The quantitative estimate of drug-likeness (QED) is 0.508. The Balaban J connectivity index is 2.88. The molecule has 0 radical (unpaired) electrons. The van der Waals surface area contributed by atoms with Gasteiger partial charge in [-0.15, -0.1) is 0 Å². The summed E-state index contributed by atoms with van der Waals surface area (Å²) in [5.74, 6) is 0. The highest BCUT2D eigenvalue weighted by atomic mass is 16.5. The van der Waals surface area contributed by atoms with Gasteiger partial charge in [0.2, 0.25) is 0 Å². The second kappa shape index (κ2) is 6.01. The van der Waals surface area contributed by atoms with Crippen molar-refractivity contribution in [2.45, 2.75) is 19.4 Å². The molecule has 1 atom stereocenters. The molecule has 9 heavy (non-hydrogen) atoms. The second-order valence-corrected chi connectivity index (χ2v) is 1.88. The third-order valence-corrected chi connectivity index (χ3v) is 1.07. The highest BCUT2D eigenvalue weighted by Crippen LogP contribution is 1.88. The van der Waals surface area contributed by atoms with Crippen LogP contribution in [0, 0.1) is 0 Å². The molecule has 0 aromatic heterocycles. The van der Waals surface area contributed by atoms with Gasteiger partial charge < -0.3 is 15.6 Å². The average Bonchev–Trinajstić information content (AvgIpc) is 1.89. The van der Waals surface area contributed by atoms with Gasteiger partial charge in [0, 0.05) is 19.8 Å². The van der Waals surface area contributed by atoms with E-state index in [1.807, 2.05) is 6.92 Å². The van der Waals surface area contributed by atoms with Crippen molar-refractivity contribution in [1.82, 2.24) is 0 Å². The summed E-state index contributed by atoms with van der Waals surface area (Å²) >= 11 is 0. The van der Waals surface area contributed by atoms with Crippen molar-refractivity contribution < 1.29 is 9.84 Å². The molecule has 0 aliphatic carbocycles. The molecule has 0 saturated heterocycles. The molecule has 0 aromatic rings. The Labute approximate surface area is 55.8 Å². The number of nitrogens with two attached hydrogens (primary N) is 1. The van der Waals surface area contributed by atoms with Gasteiger partial charge in [0.15, 0.2) is 0 Å². The van der Waals surface area contributed by atoms with Gasteiger partial charge in [0.1, 0.15) is 0 Å². The molecular weight excluding hydrogens is 118 g/mol. The Morgan fingerprint density at radius 2 is 2.33 bits per heavy atom. The fourth-order valence-electron chi connectivity index (χ4n) is 0.482. The first-order valence-electron chi connectivity index (χ1n) is 3.27. The third-order valence-electron chi connectivity index (χ3n) is 1.07. The summed E-state index contributed by atoms with van der Waals surface area (Å²) in [5, 5.41) is 8.88. The van der Waals surface area contributed by atoms with Gasteiger partial charge in [0.25, 0.3) is 0 Å². The van der Waals surface area contributed by atoms with Crippen LogP contribution in [0.5, 0.6) is 0 Å². The van der Waals surface area contributed by atoms with Crippen LogP contribution < -0.4 is 5.73 Å². The molecule has 0 heterocycles. The standard InChI is InChI=1S/C6H15NO2/c1-2-9-4-3-6(8)5-7/h6,8H,2-5,7H2,1H3. The van der Waals surface area contributed by atoms with Crippen LogP contribution in [0.4, 0.5) is 0 Å². The molecular formula is C6H15NO2. The Morgan fingerprint density at radius 3 is 2.78 bits per heavy atom. The first-order valence-corrected chi connectivity index (χ1v) is 3.27. The maximum absolute atomic E-state index is 8.88. The average molecular weight is 133 g/mol. The predicted molar refractivity (Wildman–Crippen MR) is 36.2 cm³/mol. The van der Waals surface area contributed by atoms with Crippen molar-refractivity contribution in [1.29, 1.82) is 0 Å². The first kappa shape index (κ1) is 8.88. The van der Waals surface area contributed by atoms with Crippen molar-refractivity contribution in [3.8, 4) is 0 Å². The maximum Gasteiger partial charge on any atom is 0.0684 e. The molecule has 0 bridgehead atoms. The summed E-state index contributed by atoms with van der Waals surface area (Å²) in [6.45, 7) is 3.56. The van der Waals surface area contributed by atoms with Crippen molar-refractivity contribution >= 4 is 0 Å². The van der Waals surface area contributed by atoms with Crippen LogP contribution in [0.25, 0.3) is 0 Å². The summed E-state index contributed by atoms with van der Waals surface area (Å²) in [7, 11) is 0. The van der Waals surface area contributed by atoms with Gasteiger partial charge >= 0.3 is 0 Å². The number of ether oxygens (including phenoxy) is 1. The molecule has 0 spiro atoms. The molecule has 0 aliphatic heterocycles. The Bertz CT molecular complexity index is 59.0. The minimum atomic E-state index is -0.392. The number of rotatable bonds is 5. The number of hydrogen-bond acceptors (Lipinski definition) is 3. The molecule has 3 heteroatoms. The van der Waals surface area contributed by atoms with Crippen molar-refractivity contribution in [2.24, 2.45) is 5.73 Å². The Morgan fingerprint density at radius 1 is 1.67 bits per heavy atom. The van der Waals surface area contributed by atoms with E-state index in [1.54, 1.807) is 0 Å². The zero-order valence-corrected chi connectivity index (χ0v) is 5.84. The molecule has 0 aromatic carbocycles. The van der Waals surface area contributed by atoms with E-state index in [4.69, 9.17) is 15.6 Å². The topological polar surface area (TPSA) is 55.5 Å². The molecule has 0 rings (SSSR count). The normalized spacial score (nSPS) is 13.7. The zero-order valence-electron chi connectivity index (χ0n) is 5.84. The van der Waals surface area contributed by atoms with E-state index < -0.39 is 6.10 Å². The minimum Gasteiger partial charge on any atom is -0.392 e. The van der Waals surface area contributed by atoms with Crippen LogP contribution in [0.15, 0.2) is 0 Å². The van der Waals surface area contributed by atoms with Crippen molar-refractivity contribution in [2.75, 3.05) is 19.8 Å². The SMILES string of the molecule is CCOCCC(O)CN. The van der Waals surface area contributed by atoms with Gasteiger partial charge in [-0.2, -0.15) is 0 Å². The van der Waals surface area contributed by atoms with Gasteiger partial charge in [-0.05, 0) is 13.3 Å². The molecule has 0 saturated carbocycles. The summed E-state index contributed by atoms with van der Waals surface area (Å²) < 4.78 is 4.99. The molecule has 3 N–H and O–H groups in total. The fourth-order valence-corrected chi connectivity index (χ4v) is 0.482. The fraction of sp³-hybridized carbons (Fsp3) is 1.00. The Hall–Kier alpha value is -0.120. The van der Waals surface area contributed by atoms with E-state index in [1.165, 1.54) is 0 Å². The minimum absolute atomic E-state index is 0.326. The van der Waals surface area contributed by atoms with Gasteiger partial charge in [-0.3, -0.25) is 0 Å². The van der Waals surface area contributed by atoms with Crippen molar-refractivity contribution in [3.05, 3.63) is 0 Å². The lowest BCUT2D eigenvalue weighted by atomic mass is 10.3. The van der Waals surface area contributed by atoms with Gasteiger partial charge in [0.05, 0.1) is 6.10 Å². The summed E-state index contributed by atoms with van der Waals surface area (Å²) in [6.07, 6.45) is 0.251. The number of aliphatic hydroxyl groups is 1. The van der Waals surface area contributed by atoms with Crippen molar-refractivity contribution in [3.63, 3.8) is 0 Å². The maximum atomic E-state index is 8.88. The van der Waals surface area contributed by atoms with E-state index in [2.05, 4.69) is 0 Å². The predicted octanol–water partition coefficient (Wildman–Crippen LogP) is -0.267. The lowest BCUT2D eigenvalue weighted by molar-refractivity contribution is 0.0923. The van der Waals surface area contributed by atoms with E-state index in [0.717, 1.165) is 0 Å². The van der Waals surface area contributed by atoms with E-state index >= 15 is 0 Å². The largest absolute Gasteiger partial charge is 0.392 e. The van der Waals surface area contributed by atoms with E-state index in [0.29, 0.717) is 26.2 Å². The lowest BCUT2D eigenvalue weighted by Gasteiger charge is -2.05. The van der Waals surface area contributed by atoms with Crippen LogP contribution in [0.2, 0.25) is 0 Å². The van der Waals surface area contributed by atoms with E-state index in [-0.39, 0.29) is 0 Å². The molecule has 56 valence electrons. The molecule has 0 fully saturated rings. The second-order valence-electron chi connectivity index (χ2n) is 1.88. The first-order chi connectivity index (χ1) is 4.31. The number of hydrogen-bond donors (Lipinski definition) is 2. The van der Waals surface area contributed by atoms with Crippen LogP contribution >= 0.6 is 0 Å². The summed E-state index contributed by atoms with van der Waals surface area (Å²) in [4.78, 5) is 0. The highest BCUT2D eigenvalue weighted by Gasteiger charge is 1.98. The molecule has 0 aliphatic rings. The smallest absolute Gasteiger partial charge is 0.0684 e. The van der Waals surface area contributed by atoms with Gasteiger partial charge in [-0.1, -0.05) is 0 Å². The molecule has 1 unspecified atom stereocenters. The molecule has 3 nitrogen and oxygen atoms in total. The number of aliphatic hydroxyl groups excluding tert-OH is 1. The van der Waals surface area contributed by atoms with Crippen LogP contribution in [0.1, 0.15) is 13.3 Å². The molecule has 0 amide bonds. The lowest BCUT2D eigenvalue weighted by Crippen LogP contribution is -2.21.